The van der Waals surface area contributed by atoms with E-state index in [1.54, 1.807) is 0 Å². The van der Waals surface area contributed by atoms with Crippen LogP contribution >= 0.6 is 0 Å². The number of amides is 3. The Morgan fingerprint density at radius 3 is 2.03 bits per heavy atom. The molecule has 0 radical (unpaired) electrons. The lowest BCUT2D eigenvalue weighted by Crippen LogP contribution is -2.56. The highest BCUT2D eigenvalue weighted by atomic mass is 16.4. The molecule has 1 rings (SSSR count). The van der Waals surface area contributed by atoms with E-state index in [-0.39, 0.29) is 12.3 Å². The van der Waals surface area contributed by atoms with Crippen molar-refractivity contribution in [3.8, 4) is 0 Å². The van der Waals surface area contributed by atoms with Gasteiger partial charge in [-0.1, -0.05) is 44.2 Å². The van der Waals surface area contributed by atoms with Gasteiger partial charge in [-0.05, 0) is 24.8 Å². The van der Waals surface area contributed by atoms with Gasteiger partial charge in [-0.2, -0.15) is 0 Å². The van der Waals surface area contributed by atoms with E-state index < -0.39 is 48.4 Å². The van der Waals surface area contributed by atoms with Crippen LogP contribution in [0.1, 0.15) is 32.8 Å². The van der Waals surface area contributed by atoms with Gasteiger partial charge in [0.05, 0.1) is 6.04 Å². The molecular formula is C20H30N4O5. The Morgan fingerprint density at radius 1 is 0.931 bits per heavy atom. The summed E-state index contributed by atoms with van der Waals surface area (Å²) in [7, 11) is 0. The fourth-order valence-electron chi connectivity index (χ4n) is 2.62. The van der Waals surface area contributed by atoms with Gasteiger partial charge in [0.1, 0.15) is 18.6 Å². The molecule has 0 aliphatic carbocycles. The molecule has 0 aliphatic heterocycles. The Bertz CT molecular complexity index is 706. The molecule has 3 atom stereocenters. The van der Waals surface area contributed by atoms with Gasteiger partial charge in [-0.25, -0.2) is 0 Å². The quantitative estimate of drug-likeness (QED) is 0.343. The summed E-state index contributed by atoms with van der Waals surface area (Å²) in [5.41, 5.74) is 6.42. The molecule has 0 aromatic heterocycles. The lowest BCUT2D eigenvalue weighted by Gasteiger charge is -2.24. The molecule has 9 nitrogen and oxygen atoms in total. The lowest BCUT2D eigenvalue weighted by atomic mass is 10.0. The Morgan fingerprint density at radius 2 is 1.52 bits per heavy atom. The van der Waals surface area contributed by atoms with E-state index in [0.29, 0.717) is 6.42 Å². The maximum absolute atomic E-state index is 12.9. The normalized spacial score (nSPS) is 13.8. The minimum atomic E-state index is -1.18. The lowest BCUT2D eigenvalue weighted by molar-refractivity contribution is -0.138. The standard InChI is InChI=1S/C20H30N4O5/c1-12(2)9-15(19(28)22-11-17(25)26)24-20(29)16(23-18(27)13(3)21)10-14-7-5-4-6-8-14/h4-8,12-13,15-16H,9-11,21H2,1-3H3,(H,22,28)(H,23,27)(H,24,29)(H,25,26). The number of carbonyl (C=O) groups is 4. The molecule has 0 saturated carbocycles. The first-order valence-corrected chi connectivity index (χ1v) is 9.49. The fourth-order valence-corrected chi connectivity index (χ4v) is 2.62. The highest BCUT2D eigenvalue weighted by Crippen LogP contribution is 2.08. The number of benzene rings is 1. The van der Waals surface area contributed by atoms with Gasteiger partial charge >= 0.3 is 5.97 Å². The van der Waals surface area contributed by atoms with Crippen LogP contribution in [0.2, 0.25) is 0 Å². The molecule has 1 aromatic carbocycles. The smallest absolute Gasteiger partial charge is 0.322 e. The van der Waals surface area contributed by atoms with Gasteiger partial charge in [0.25, 0.3) is 0 Å². The highest BCUT2D eigenvalue weighted by molar-refractivity contribution is 5.93. The van der Waals surface area contributed by atoms with Crippen LogP contribution in [-0.2, 0) is 25.6 Å². The average molecular weight is 406 g/mol. The first-order chi connectivity index (χ1) is 13.6. The SMILES string of the molecule is CC(C)CC(NC(=O)C(Cc1ccccc1)NC(=O)C(C)N)C(=O)NCC(=O)O. The molecule has 29 heavy (non-hydrogen) atoms. The molecule has 9 heteroatoms. The van der Waals surface area contributed by atoms with Crippen molar-refractivity contribution >= 4 is 23.7 Å². The zero-order valence-corrected chi connectivity index (χ0v) is 17.0. The molecule has 3 unspecified atom stereocenters. The fraction of sp³-hybridized carbons (Fsp3) is 0.500. The van der Waals surface area contributed by atoms with Gasteiger partial charge in [-0.3, -0.25) is 19.2 Å². The minimum Gasteiger partial charge on any atom is -0.480 e. The van der Waals surface area contributed by atoms with Crippen LogP contribution in [0.4, 0.5) is 0 Å². The Balaban J connectivity index is 2.95. The van der Waals surface area contributed by atoms with E-state index in [1.807, 2.05) is 44.2 Å². The summed E-state index contributed by atoms with van der Waals surface area (Å²) < 4.78 is 0. The second-order valence-corrected chi connectivity index (χ2v) is 7.34. The van der Waals surface area contributed by atoms with Crippen molar-refractivity contribution in [2.24, 2.45) is 11.7 Å². The van der Waals surface area contributed by atoms with E-state index >= 15 is 0 Å². The Labute approximate surface area is 170 Å². The minimum absolute atomic E-state index is 0.0714. The van der Waals surface area contributed by atoms with E-state index in [1.165, 1.54) is 6.92 Å². The van der Waals surface area contributed by atoms with Crippen LogP contribution in [0.25, 0.3) is 0 Å². The number of carboxylic acids is 1. The molecule has 3 amide bonds. The molecule has 0 spiro atoms. The van der Waals surface area contributed by atoms with Crippen LogP contribution < -0.4 is 21.7 Å². The average Bonchev–Trinajstić information content (AvgIpc) is 2.65. The van der Waals surface area contributed by atoms with Gasteiger partial charge in [0.15, 0.2) is 0 Å². The third-order valence-corrected chi connectivity index (χ3v) is 4.08. The third kappa shape index (κ3) is 9.20. The number of carboxylic acid groups (broad SMARTS) is 1. The maximum atomic E-state index is 12.9. The molecule has 0 heterocycles. The summed E-state index contributed by atoms with van der Waals surface area (Å²) in [6, 6.07) is 6.46. The number of aliphatic carboxylic acids is 1. The predicted octanol–water partition coefficient (Wildman–Crippen LogP) is -0.207. The predicted molar refractivity (Wildman–Crippen MR) is 108 cm³/mol. The summed E-state index contributed by atoms with van der Waals surface area (Å²) in [4.78, 5) is 48.0. The van der Waals surface area contributed by atoms with E-state index in [4.69, 9.17) is 10.8 Å². The van der Waals surface area contributed by atoms with Gasteiger partial charge in [0, 0.05) is 6.42 Å². The number of rotatable bonds is 11. The summed E-state index contributed by atoms with van der Waals surface area (Å²) in [5, 5.41) is 16.3. The number of nitrogens with one attached hydrogen (secondary N) is 3. The third-order valence-electron chi connectivity index (χ3n) is 4.08. The van der Waals surface area contributed by atoms with E-state index in [0.717, 1.165) is 5.56 Å². The first kappa shape index (κ1) is 24.1. The van der Waals surface area contributed by atoms with Gasteiger partial charge in [-0.15, -0.1) is 0 Å². The zero-order valence-electron chi connectivity index (χ0n) is 17.0. The molecule has 0 bridgehead atoms. The number of carbonyl (C=O) groups excluding carboxylic acids is 3. The van der Waals surface area contributed by atoms with Crippen LogP contribution in [0.15, 0.2) is 30.3 Å². The zero-order chi connectivity index (χ0) is 22.0. The topological polar surface area (TPSA) is 151 Å². The Hall–Kier alpha value is -2.94. The summed E-state index contributed by atoms with van der Waals surface area (Å²) in [5.74, 6) is -2.73. The highest BCUT2D eigenvalue weighted by Gasteiger charge is 2.28. The van der Waals surface area contributed by atoms with Crippen molar-refractivity contribution in [3.05, 3.63) is 35.9 Å². The monoisotopic (exact) mass is 406 g/mol. The van der Waals surface area contributed by atoms with Crippen LogP contribution in [0.3, 0.4) is 0 Å². The number of nitrogens with two attached hydrogens (primary N) is 1. The summed E-state index contributed by atoms with van der Waals surface area (Å²) >= 11 is 0. The van der Waals surface area contributed by atoms with Crippen molar-refractivity contribution in [1.29, 1.82) is 0 Å². The first-order valence-electron chi connectivity index (χ1n) is 9.49. The van der Waals surface area contributed by atoms with Crippen LogP contribution in [-0.4, -0.2) is 53.5 Å². The summed E-state index contributed by atoms with van der Waals surface area (Å²) in [6.07, 6.45) is 0.534. The molecule has 160 valence electrons. The second kappa shape index (κ2) is 11.8. The molecule has 0 saturated heterocycles. The van der Waals surface area contributed by atoms with E-state index in [2.05, 4.69) is 16.0 Å². The molecule has 0 fully saturated rings. The largest absolute Gasteiger partial charge is 0.480 e. The molecule has 1 aromatic rings. The van der Waals surface area contributed by atoms with Crippen molar-refractivity contribution in [3.63, 3.8) is 0 Å². The Kier molecular flexibility index (Phi) is 9.81. The molecule has 6 N–H and O–H groups in total. The van der Waals surface area contributed by atoms with Gasteiger partial charge < -0.3 is 26.8 Å². The van der Waals surface area contributed by atoms with E-state index in [9.17, 15) is 19.2 Å². The van der Waals surface area contributed by atoms with Crippen molar-refractivity contribution in [2.75, 3.05) is 6.54 Å². The second-order valence-electron chi connectivity index (χ2n) is 7.34. The molecule has 0 aliphatic rings. The van der Waals surface area contributed by atoms with Gasteiger partial charge in [0.2, 0.25) is 17.7 Å². The van der Waals surface area contributed by atoms with Crippen molar-refractivity contribution < 1.29 is 24.3 Å². The molecular weight excluding hydrogens is 376 g/mol. The van der Waals surface area contributed by atoms with Crippen molar-refractivity contribution in [2.45, 2.75) is 51.7 Å². The summed E-state index contributed by atoms with van der Waals surface area (Å²) in [6.45, 7) is 4.72. The van der Waals surface area contributed by atoms with Crippen molar-refractivity contribution in [1.82, 2.24) is 16.0 Å². The number of hydrogen-bond acceptors (Lipinski definition) is 5. The van der Waals surface area contributed by atoms with Crippen LogP contribution in [0.5, 0.6) is 0 Å². The van der Waals surface area contributed by atoms with Crippen LogP contribution in [0, 0.1) is 5.92 Å². The maximum Gasteiger partial charge on any atom is 0.322 e. The number of hydrogen-bond donors (Lipinski definition) is 5.